The number of halogens is 3. The smallest absolute Gasteiger partial charge is 0.406 e. The molecular weight excluding hydrogens is 425 g/mol. The minimum absolute atomic E-state index is 0.00725. The number of aromatic nitrogens is 1. The van der Waals surface area contributed by atoms with E-state index in [1.165, 1.54) is 20.1 Å². The Kier molecular flexibility index (Phi) is 6.97. The first-order valence-electron chi connectivity index (χ1n) is 9.77. The van der Waals surface area contributed by atoms with Crippen LogP contribution in [0.1, 0.15) is 17.3 Å². The summed E-state index contributed by atoms with van der Waals surface area (Å²) >= 11 is 0. The Bertz CT molecular complexity index is 1110. The van der Waals surface area contributed by atoms with Gasteiger partial charge in [0.15, 0.2) is 0 Å². The number of hydrogen-bond acceptors (Lipinski definition) is 5. The third kappa shape index (κ3) is 5.54. The van der Waals surface area contributed by atoms with E-state index in [1.807, 2.05) is 0 Å². The Balaban J connectivity index is 2.08. The molecule has 0 unspecified atom stereocenters. The van der Waals surface area contributed by atoms with Gasteiger partial charge in [0.25, 0.3) is 5.91 Å². The molecule has 6 nitrogen and oxygen atoms in total. The van der Waals surface area contributed by atoms with Crippen LogP contribution in [0.15, 0.2) is 54.6 Å². The van der Waals surface area contributed by atoms with Crippen molar-refractivity contribution in [1.82, 2.24) is 9.88 Å². The second kappa shape index (κ2) is 9.67. The Labute approximate surface area is 182 Å². The topological polar surface area (TPSA) is 68.7 Å². The van der Waals surface area contributed by atoms with E-state index < -0.39 is 31.1 Å². The highest BCUT2D eigenvalue weighted by atomic mass is 19.4. The van der Waals surface area contributed by atoms with Gasteiger partial charge in [-0.05, 0) is 43.3 Å². The molecule has 1 aromatic heterocycles. The van der Waals surface area contributed by atoms with Crippen molar-refractivity contribution in [2.45, 2.75) is 13.1 Å². The molecule has 0 spiro atoms. The fraction of sp³-hybridized carbons (Fsp3) is 0.261. The number of rotatable bonds is 7. The molecule has 1 amide bonds. The first-order valence-corrected chi connectivity index (χ1v) is 9.77. The molecule has 0 aliphatic heterocycles. The summed E-state index contributed by atoms with van der Waals surface area (Å²) in [5.74, 6) is -1.24. The van der Waals surface area contributed by atoms with Gasteiger partial charge in [0.1, 0.15) is 18.8 Å². The van der Waals surface area contributed by atoms with Crippen LogP contribution in [0, 0.1) is 0 Å². The summed E-state index contributed by atoms with van der Waals surface area (Å²) in [7, 11) is 1.53. The van der Waals surface area contributed by atoms with Gasteiger partial charge in [-0.3, -0.25) is 9.59 Å². The molecule has 0 saturated heterocycles. The first-order chi connectivity index (χ1) is 15.2. The lowest BCUT2D eigenvalue weighted by Gasteiger charge is -2.24. The number of ether oxygens (including phenoxy) is 2. The van der Waals surface area contributed by atoms with Crippen LogP contribution in [0.3, 0.4) is 0 Å². The minimum Gasteiger partial charge on any atom is -0.497 e. The van der Waals surface area contributed by atoms with Gasteiger partial charge >= 0.3 is 12.1 Å². The van der Waals surface area contributed by atoms with E-state index in [1.54, 1.807) is 48.5 Å². The summed E-state index contributed by atoms with van der Waals surface area (Å²) in [6, 6.07) is 15.0. The molecule has 0 saturated carbocycles. The van der Waals surface area contributed by atoms with Gasteiger partial charge in [-0.15, -0.1) is 0 Å². The van der Waals surface area contributed by atoms with Crippen molar-refractivity contribution < 1.29 is 32.2 Å². The zero-order valence-corrected chi connectivity index (χ0v) is 17.5. The second-order valence-corrected chi connectivity index (χ2v) is 6.88. The summed E-state index contributed by atoms with van der Waals surface area (Å²) in [6.45, 7) is -0.877. The van der Waals surface area contributed by atoms with Crippen LogP contribution >= 0.6 is 0 Å². The number of benzene rings is 2. The maximum absolute atomic E-state index is 13.2. The summed E-state index contributed by atoms with van der Waals surface area (Å²) in [6.07, 6.45) is -4.69. The number of hydrogen-bond donors (Lipinski definition) is 0. The van der Waals surface area contributed by atoms with Crippen LogP contribution < -0.4 is 4.74 Å². The van der Waals surface area contributed by atoms with Crippen molar-refractivity contribution in [2.24, 2.45) is 0 Å². The summed E-state index contributed by atoms with van der Waals surface area (Å²) < 4.78 is 49.4. The zero-order chi connectivity index (χ0) is 23.3. The molecule has 0 radical (unpaired) electrons. The van der Waals surface area contributed by atoms with E-state index in [2.05, 4.69) is 4.98 Å². The van der Waals surface area contributed by atoms with Gasteiger partial charge in [-0.1, -0.05) is 18.2 Å². The Morgan fingerprint density at radius 3 is 2.38 bits per heavy atom. The number of alkyl halides is 3. The predicted octanol–water partition coefficient (Wildman–Crippen LogP) is 4.48. The predicted molar refractivity (Wildman–Crippen MR) is 112 cm³/mol. The molecule has 0 bridgehead atoms. The standard InChI is InChI=1S/C23H21F3N2O4/c1-3-32-21(29)13-28(14-23(24,25)26)22(30)18-12-20(15-8-10-16(31-2)11-9-15)27-19-7-5-4-6-17(18)19/h4-12H,3,13-14H2,1-2H3. The highest BCUT2D eigenvalue weighted by Gasteiger charge is 2.35. The normalized spacial score (nSPS) is 11.3. The van der Waals surface area contributed by atoms with Gasteiger partial charge in [-0.25, -0.2) is 4.98 Å². The number of methoxy groups -OCH3 is 1. The average molecular weight is 446 g/mol. The van der Waals surface area contributed by atoms with Crippen molar-refractivity contribution in [1.29, 1.82) is 0 Å². The summed E-state index contributed by atoms with van der Waals surface area (Å²) in [5.41, 5.74) is 1.50. The molecule has 9 heteroatoms. The minimum atomic E-state index is -4.69. The number of esters is 1. The Morgan fingerprint density at radius 2 is 1.75 bits per heavy atom. The van der Waals surface area contributed by atoms with Crippen LogP contribution in [-0.4, -0.2) is 54.7 Å². The third-order valence-corrected chi connectivity index (χ3v) is 4.62. The van der Waals surface area contributed by atoms with Crippen molar-refractivity contribution in [3.8, 4) is 17.0 Å². The van der Waals surface area contributed by atoms with Gasteiger partial charge in [-0.2, -0.15) is 13.2 Å². The second-order valence-electron chi connectivity index (χ2n) is 6.88. The lowest BCUT2D eigenvalue weighted by molar-refractivity contribution is -0.153. The quantitative estimate of drug-likeness (QED) is 0.501. The monoisotopic (exact) mass is 446 g/mol. The summed E-state index contributed by atoms with van der Waals surface area (Å²) in [5, 5.41) is 0.380. The van der Waals surface area contributed by atoms with Gasteiger partial charge < -0.3 is 14.4 Å². The largest absolute Gasteiger partial charge is 0.497 e. The van der Waals surface area contributed by atoms with Crippen LogP contribution in [-0.2, 0) is 9.53 Å². The van der Waals surface area contributed by atoms with Gasteiger partial charge in [0.2, 0.25) is 0 Å². The van der Waals surface area contributed by atoms with E-state index >= 15 is 0 Å². The Hall–Kier alpha value is -3.62. The van der Waals surface area contributed by atoms with E-state index in [0.29, 0.717) is 32.8 Å². The van der Waals surface area contributed by atoms with Crippen LogP contribution in [0.2, 0.25) is 0 Å². The number of nitrogens with zero attached hydrogens (tertiary/aromatic N) is 2. The van der Waals surface area contributed by atoms with Crippen molar-refractivity contribution >= 4 is 22.8 Å². The number of pyridine rings is 1. The highest BCUT2D eigenvalue weighted by Crippen LogP contribution is 2.28. The molecule has 0 fully saturated rings. The van der Waals surface area contributed by atoms with E-state index in [4.69, 9.17) is 9.47 Å². The average Bonchev–Trinajstić information content (AvgIpc) is 2.76. The van der Waals surface area contributed by atoms with Crippen molar-refractivity contribution in [2.75, 3.05) is 26.8 Å². The molecule has 0 atom stereocenters. The van der Waals surface area contributed by atoms with Gasteiger partial charge in [0, 0.05) is 10.9 Å². The third-order valence-electron chi connectivity index (χ3n) is 4.62. The molecular formula is C23H21F3N2O4. The fourth-order valence-electron chi connectivity index (χ4n) is 3.21. The Morgan fingerprint density at radius 1 is 1.06 bits per heavy atom. The first kappa shape index (κ1) is 23.1. The fourth-order valence-corrected chi connectivity index (χ4v) is 3.21. The molecule has 32 heavy (non-hydrogen) atoms. The molecule has 1 heterocycles. The van der Waals surface area contributed by atoms with Crippen molar-refractivity contribution in [3.63, 3.8) is 0 Å². The number of amides is 1. The van der Waals surface area contributed by atoms with Crippen LogP contribution in [0.5, 0.6) is 5.75 Å². The molecule has 0 aliphatic rings. The zero-order valence-electron chi connectivity index (χ0n) is 17.5. The maximum Gasteiger partial charge on any atom is 0.406 e. The molecule has 0 aliphatic carbocycles. The molecule has 0 N–H and O–H groups in total. The van der Waals surface area contributed by atoms with Crippen molar-refractivity contribution in [3.05, 3.63) is 60.2 Å². The number of para-hydroxylation sites is 1. The van der Waals surface area contributed by atoms with Crippen LogP contribution in [0.25, 0.3) is 22.2 Å². The van der Waals surface area contributed by atoms with E-state index in [-0.39, 0.29) is 12.2 Å². The molecule has 3 rings (SSSR count). The number of carbonyl (C=O) groups is 2. The van der Waals surface area contributed by atoms with E-state index in [0.717, 1.165) is 0 Å². The molecule has 2 aromatic carbocycles. The lowest BCUT2D eigenvalue weighted by Crippen LogP contribution is -2.42. The SMILES string of the molecule is CCOC(=O)CN(CC(F)(F)F)C(=O)c1cc(-c2ccc(OC)cc2)nc2ccccc12. The molecule has 168 valence electrons. The van der Waals surface area contributed by atoms with Gasteiger partial charge in [0.05, 0.1) is 30.5 Å². The number of carbonyl (C=O) groups excluding carboxylic acids is 2. The number of fused-ring (bicyclic) bond motifs is 1. The lowest BCUT2D eigenvalue weighted by atomic mass is 10.0. The molecule has 3 aromatic rings. The highest BCUT2D eigenvalue weighted by molar-refractivity contribution is 6.07. The maximum atomic E-state index is 13.2. The summed E-state index contributed by atoms with van der Waals surface area (Å²) in [4.78, 5) is 30.1. The van der Waals surface area contributed by atoms with E-state index in [9.17, 15) is 22.8 Å². The van der Waals surface area contributed by atoms with Crippen LogP contribution in [0.4, 0.5) is 13.2 Å².